The molecule has 2 aromatic rings. The van der Waals surface area contributed by atoms with Gasteiger partial charge in [-0.1, -0.05) is 6.07 Å². The zero-order valence-corrected chi connectivity index (χ0v) is 16.1. The number of carbonyl (C=O) groups excluding carboxylic acids is 2. The first kappa shape index (κ1) is 20.1. The molecule has 1 aromatic carbocycles. The quantitative estimate of drug-likeness (QED) is 0.716. The Morgan fingerprint density at radius 1 is 1.20 bits per heavy atom. The molecule has 0 saturated carbocycles. The van der Waals surface area contributed by atoms with E-state index >= 15 is 0 Å². The number of hydrogen-bond acceptors (Lipinski definition) is 4. The highest BCUT2D eigenvalue weighted by Crippen LogP contribution is 2.39. The van der Waals surface area contributed by atoms with Crippen molar-refractivity contribution in [1.29, 1.82) is 0 Å². The van der Waals surface area contributed by atoms with Crippen molar-refractivity contribution in [1.82, 2.24) is 4.98 Å². The van der Waals surface area contributed by atoms with Crippen molar-refractivity contribution in [2.75, 3.05) is 28.7 Å². The van der Waals surface area contributed by atoms with Gasteiger partial charge < -0.3 is 10.2 Å². The maximum atomic E-state index is 14.3. The van der Waals surface area contributed by atoms with Gasteiger partial charge in [0.15, 0.2) is 0 Å². The van der Waals surface area contributed by atoms with Crippen molar-refractivity contribution >= 4 is 29.0 Å². The Morgan fingerprint density at radius 3 is 2.63 bits per heavy atom. The molecule has 3 heterocycles. The second-order valence-electron chi connectivity index (χ2n) is 7.44. The van der Waals surface area contributed by atoms with E-state index in [1.165, 1.54) is 31.0 Å². The highest BCUT2D eigenvalue weighted by molar-refractivity contribution is 6.09. The second kappa shape index (κ2) is 6.96. The molecule has 0 spiro atoms. The predicted octanol–water partition coefficient (Wildman–Crippen LogP) is 3.36. The van der Waals surface area contributed by atoms with Crippen LogP contribution in [0.15, 0.2) is 30.3 Å². The Bertz CT molecular complexity index is 1040. The Labute approximate surface area is 169 Å². The molecule has 0 radical (unpaired) electrons. The van der Waals surface area contributed by atoms with Crippen molar-refractivity contribution < 1.29 is 27.2 Å². The van der Waals surface area contributed by atoms with E-state index in [1.807, 2.05) is 0 Å². The second-order valence-corrected chi connectivity index (χ2v) is 7.44. The van der Waals surface area contributed by atoms with Crippen LogP contribution in [0.3, 0.4) is 0 Å². The van der Waals surface area contributed by atoms with Gasteiger partial charge in [0.1, 0.15) is 17.7 Å². The van der Waals surface area contributed by atoms with Crippen molar-refractivity contribution in [3.63, 3.8) is 0 Å². The number of hydrogen-bond donors (Lipinski definition) is 1. The van der Waals surface area contributed by atoms with E-state index in [2.05, 4.69) is 10.3 Å². The molecule has 158 valence electrons. The Hall–Kier alpha value is -3.17. The fraction of sp³-hybridized carbons (Fsp3) is 0.350. The molecule has 0 bridgehead atoms. The van der Waals surface area contributed by atoms with Crippen LogP contribution in [0.1, 0.15) is 17.7 Å². The summed E-state index contributed by atoms with van der Waals surface area (Å²) in [5.74, 6) is -2.34. The van der Waals surface area contributed by atoms with Crippen molar-refractivity contribution in [3.05, 3.63) is 47.4 Å². The number of pyridine rings is 1. The molecule has 1 aromatic heterocycles. The van der Waals surface area contributed by atoms with Gasteiger partial charge in [-0.15, -0.1) is 0 Å². The maximum absolute atomic E-state index is 14.3. The van der Waals surface area contributed by atoms with Crippen LogP contribution in [0.25, 0.3) is 0 Å². The number of benzene rings is 1. The number of alkyl halides is 3. The highest BCUT2D eigenvalue weighted by Gasteiger charge is 2.48. The average Bonchev–Trinajstić information content (AvgIpc) is 2.99. The van der Waals surface area contributed by atoms with E-state index < -0.39 is 41.3 Å². The Kier molecular flexibility index (Phi) is 4.67. The van der Waals surface area contributed by atoms with Gasteiger partial charge in [-0.3, -0.25) is 14.5 Å². The molecule has 10 heteroatoms. The third kappa shape index (κ3) is 3.25. The molecule has 2 amide bonds. The average molecular weight is 422 g/mol. The summed E-state index contributed by atoms with van der Waals surface area (Å²) in [6, 6.07) is 4.87. The van der Waals surface area contributed by atoms with Gasteiger partial charge in [0.05, 0.1) is 16.9 Å². The van der Waals surface area contributed by atoms with Crippen LogP contribution in [-0.4, -0.2) is 36.4 Å². The minimum atomic E-state index is -4.62. The van der Waals surface area contributed by atoms with Gasteiger partial charge >= 0.3 is 6.18 Å². The predicted molar refractivity (Wildman–Crippen MR) is 102 cm³/mol. The highest BCUT2D eigenvalue weighted by atomic mass is 19.4. The summed E-state index contributed by atoms with van der Waals surface area (Å²) in [7, 11) is 1.44. The molecular weight excluding hydrogens is 404 g/mol. The number of fused-ring (bicyclic) bond motifs is 2. The summed E-state index contributed by atoms with van der Waals surface area (Å²) in [6.45, 7) is 1.50. The van der Waals surface area contributed by atoms with Crippen molar-refractivity contribution in [3.8, 4) is 0 Å². The SMILES string of the molecule is Cc1cc(C(F)(F)F)cc(N2C(=O)CC3CNc4c(F)cccc4N(C)C(=O)C32)n1. The number of nitrogens with one attached hydrogen (secondary N) is 1. The Morgan fingerprint density at radius 2 is 1.93 bits per heavy atom. The van der Waals surface area contributed by atoms with E-state index in [0.29, 0.717) is 0 Å². The molecule has 2 unspecified atom stereocenters. The first-order valence-electron chi connectivity index (χ1n) is 9.26. The summed E-state index contributed by atoms with van der Waals surface area (Å²) < 4.78 is 54.1. The van der Waals surface area contributed by atoms with Gasteiger partial charge in [0.2, 0.25) is 11.8 Å². The van der Waals surface area contributed by atoms with Crippen LogP contribution in [0.2, 0.25) is 0 Å². The fourth-order valence-corrected chi connectivity index (χ4v) is 4.02. The van der Waals surface area contributed by atoms with Crippen LogP contribution in [0.5, 0.6) is 0 Å². The summed E-state index contributed by atoms with van der Waals surface area (Å²) in [6.07, 6.45) is -4.69. The topological polar surface area (TPSA) is 65.5 Å². The minimum absolute atomic E-state index is 0.0714. The van der Waals surface area contributed by atoms with Crippen molar-refractivity contribution in [2.24, 2.45) is 5.92 Å². The molecular formula is C20H18F4N4O2. The molecule has 1 fully saturated rings. The van der Waals surface area contributed by atoms with Crippen LogP contribution < -0.4 is 15.1 Å². The number of aromatic nitrogens is 1. The van der Waals surface area contributed by atoms with Crippen LogP contribution >= 0.6 is 0 Å². The van der Waals surface area contributed by atoms with Crippen LogP contribution in [0, 0.1) is 18.7 Å². The summed E-state index contributed by atoms with van der Waals surface area (Å²) in [4.78, 5) is 32.4. The molecule has 0 aliphatic carbocycles. The van der Waals surface area contributed by atoms with Gasteiger partial charge in [0, 0.05) is 31.6 Å². The molecule has 1 saturated heterocycles. The number of halogens is 4. The number of carbonyl (C=O) groups is 2. The Balaban J connectivity index is 1.79. The van der Waals surface area contributed by atoms with E-state index in [0.717, 1.165) is 17.0 Å². The lowest BCUT2D eigenvalue weighted by atomic mass is 9.97. The third-order valence-electron chi connectivity index (χ3n) is 5.42. The molecule has 1 N–H and O–H groups in total. The zero-order chi connectivity index (χ0) is 21.8. The molecule has 2 atom stereocenters. The lowest BCUT2D eigenvalue weighted by Crippen LogP contribution is -2.51. The first-order valence-corrected chi connectivity index (χ1v) is 9.26. The van der Waals surface area contributed by atoms with Gasteiger partial charge in [0.25, 0.3) is 0 Å². The van der Waals surface area contributed by atoms with E-state index in [4.69, 9.17) is 0 Å². The van der Waals surface area contributed by atoms with Crippen LogP contribution in [-0.2, 0) is 15.8 Å². The number of amides is 2. The normalized spacial score (nSPS) is 21.7. The smallest absolute Gasteiger partial charge is 0.381 e. The molecule has 4 rings (SSSR count). The molecule has 2 aliphatic heterocycles. The minimum Gasteiger partial charge on any atom is -0.381 e. The van der Waals surface area contributed by atoms with Crippen LogP contribution in [0.4, 0.5) is 34.8 Å². The lowest BCUT2D eigenvalue weighted by molar-refractivity contribution is -0.137. The number of rotatable bonds is 1. The number of likely N-dealkylation sites (N-methyl/N-ethyl adjacent to an activating group) is 1. The standard InChI is InChI=1S/C20H18F4N4O2/c1-10-6-12(20(22,23)24)8-15(26-10)28-16(29)7-11-9-25-17-13(21)4-3-5-14(17)27(2)19(30)18(11)28/h3-6,8,11,18,25H,7,9H2,1-2H3. The van der Waals surface area contributed by atoms with Gasteiger partial charge in [-0.25, -0.2) is 9.37 Å². The molecule has 2 aliphatic rings. The summed E-state index contributed by atoms with van der Waals surface area (Å²) in [5.41, 5.74) is -0.441. The summed E-state index contributed by atoms with van der Waals surface area (Å²) >= 11 is 0. The molecule has 30 heavy (non-hydrogen) atoms. The number of aryl methyl sites for hydroxylation is 1. The largest absolute Gasteiger partial charge is 0.416 e. The molecule has 6 nitrogen and oxygen atoms in total. The van der Waals surface area contributed by atoms with E-state index in [-0.39, 0.29) is 35.9 Å². The fourth-order valence-electron chi connectivity index (χ4n) is 4.02. The number of para-hydroxylation sites is 1. The number of nitrogens with zero attached hydrogens (tertiary/aromatic N) is 3. The lowest BCUT2D eigenvalue weighted by Gasteiger charge is -2.34. The third-order valence-corrected chi connectivity index (χ3v) is 5.42. The van der Waals surface area contributed by atoms with Gasteiger partial charge in [-0.05, 0) is 31.2 Å². The van der Waals surface area contributed by atoms with E-state index in [1.54, 1.807) is 6.07 Å². The van der Waals surface area contributed by atoms with Gasteiger partial charge in [-0.2, -0.15) is 13.2 Å². The summed E-state index contributed by atoms with van der Waals surface area (Å²) in [5, 5.41) is 2.95. The zero-order valence-electron chi connectivity index (χ0n) is 16.1. The van der Waals surface area contributed by atoms with E-state index in [9.17, 15) is 27.2 Å². The van der Waals surface area contributed by atoms with Crippen molar-refractivity contribution in [2.45, 2.75) is 25.6 Å². The number of anilines is 3. The maximum Gasteiger partial charge on any atom is 0.416 e. The monoisotopic (exact) mass is 422 g/mol. The first-order chi connectivity index (χ1) is 14.1.